The van der Waals surface area contributed by atoms with E-state index in [9.17, 15) is 4.79 Å². The van der Waals surface area contributed by atoms with Crippen LogP contribution in [0.3, 0.4) is 0 Å². The van der Waals surface area contributed by atoms with Gasteiger partial charge in [0.2, 0.25) is 0 Å². The largest absolute Gasteiger partial charge is 0.492 e. The first-order chi connectivity index (χ1) is 8.17. The average Bonchev–Trinajstić information content (AvgIpc) is 2.35. The number of Topliss-reactive ketones (excluding diaryl/α,β-unsaturated/α-hetero) is 1. The summed E-state index contributed by atoms with van der Waals surface area (Å²) in [5, 5.41) is 0. The fourth-order valence-corrected chi connectivity index (χ4v) is 1.62. The number of ether oxygens (including phenoxy) is 1. The number of rotatable bonds is 7. The lowest BCUT2D eigenvalue weighted by molar-refractivity contribution is 0.101. The van der Waals surface area contributed by atoms with E-state index in [0.29, 0.717) is 6.61 Å². The standard InChI is InChI=1S/C14H21NO2.ClH/c1-4-15(5-2)10-11-17-14-8-6-13(7-9-14)12(3)16;/h6-9H,4-5,10-11H2,1-3H3;1H. The molecule has 0 aliphatic carbocycles. The van der Waals surface area contributed by atoms with Gasteiger partial charge in [0, 0.05) is 12.1 Å². The molecule has 3 nitrogen and oxygen atoms in total. The number of hydrogen-bond acceptors (Lipinski definition) is 3. The van der Waals surface area contributed by atoms with Crippen molar-refractivity contribution in [2.24, 2.45) is 0 Å². The van der Waals surface area contributed by atoms with Crippen molar-refractivity contribution >= 4 is 18.2 Å². The summed E-state index contributed by atoms with van der Waals surface area (Å²) in [4.78, 5) is 13.4. The number of likely N-dealkylation sites (N-methyl/N-ethyl adjacent to an activating group) is 1. The van der Waals surface area contributed by atoms with Gasteiger partial charge in [-0.1, -0.05) is 13.8 Å². The summed E-state index contributed by atoms with van der Waals surface area (Å²) in [5.41, 5.74) is 0.723. The topological polar surface area (TPSA) is 29.5 Å². The van der Waals surface area contributed by atoms with Crippen molar-refractivity contribution < 1.29 is 9.53 Å². The molecule has 0 aliphatic rings. The van der Waals surface area contributed by atoms with Gasteiger partial charge in [-0.25, -0.2) is 0 Å². The fraction of sp³-hybridized carbons (Fsp3) is 0.500. The molecule has 0 aromatic heterocycles. The Morgan fingerprint density at radius 3 is 2.17 bits per heavy atom. The lowest BCUT2D eigenvalue weighted by atomic mass is 10.1. The second-order valence-corrected chi connectivity index (χ2v) is 3.96. The van der Waals surface area contributed by atoms with Gasteiger partial charge in [0.1, 0.15) is 12.4 Å². The lowest BCUT2D eigenvalue weighted by Crippen LogP contribution is -2.27. The van der Waals surface area contributed by atoms with Gasteiger partial charge in [0.15, 0.2) is 5.78 Å². The van der Waals surface area contributed by atoms with Crippen LogP contribution >= 0.6 is 12.4 Å². The van der Waals surface area contributed by atoms with Gasteiger partial charge in [-0.15, -0.1) is 12.4 Å². The third kappa shape index (κ3) is 5.52. The second kappa shape index (κ2) is 8.95. The molecular formula is C14H22ClNO2. The van der Waals surface area contributed by atoms with Crippen LogP contribution in [0.5, 0.6) is 5.75 Å². The van der Waals surface area contributed by atoms with Gasteiger partial charge in [0.25, 0.3) is 0 Å². The number of hydrogen-bond donors (Lipinski definition) is 0. The Kier molecular flexibility index (Phi) is 8.42. The molecule has 0 heterocycles. The zero-order valence-corrected chi connectivity index (χ0v) is 12.1. The molecule has 4 heteroatoms. The van der Waals surface area contributed by atoms with E-state index in [1.807, 2.05) is 12.1 Å². The highest BCUT2D eigenvalue weighted by atomic mass is 35.5. The molecule has 1 aromatic carbocycles. The van der Waals surface area contributed by atoms with Gasteiger partial charge in [0.05, 0.1) is 0 Å². The zero-order valence-electron chi connectivity index (χ0n) is 11.3. The maximum absolute atomic E-state index is 11.1. The number of benzene rings is 1. The Morgan fingerprint density at radius 1 is 1.17 bits per heavy atom. The summed E-state index contributed by atoms with van der Waals surface area (Å²) in [6.07, 6.45) is 0. The van der Waals surface area contributed by atoms with Crippen LogP contribution < -0.4 is 4.74 Å². The molecular weight excluding hydrogens is 250 g/mol. The van der Waals surface area contributed by atoms with E-state index in [1.165, 1.54) is 0 Å². The molecule has 1 rings (SSSR count). The SMILES string of the molecule is CCN(CC)CCOc1ccc(C(C)=O)cc1.Cl. The number of carbonyl (C=O) groups is 1. The van der Waals surface area contributed by atoms with E-state index in [4.69, 9.17) is 4.74 Å². The van der Waals surface area contributed by atoms with E-state index in [0.717, 1.165) is 30.9 Å². The maximum Gasteiger partial charge on any atom is 0.159 e. The van der Waals surface area contributed by atoms with E-state index in [2.05, 4.69) is 18.7 Å². The molecule has 1 aromatic rings. The van der Waals surface area contributed by atoms with Crippen LogP contribution in [0.1, 0.15) is 31.1 Å². The highest BCUT2D eigenvalue weighted by Crippen LogP contribution is 2.12. The van der Waals surface area contributed by atoms with Crippen molar-refractivity contribution in [2.75, 3.05) is 26.2 Å². The fourth-order valence-electron chi connectivity index (χ4n) is 1.62. The minimum atomic E-state index is 0. The molecule has 0 unspecified atom stereocenters. The molecule has 102 valence electrons. The predicted octanol–water partition coefficient (Wildman–Crippen LogP) is 3.03. The van der Waals surface area contributed by atoms with Crippen molar-refractivity contribution in [3.8, 4) is 5.75 Å². The van der Waals surface area contributed by atoms with Crippen molar-refractivity contribution in [1.29, 1.82) is 0 Å². The summed E-state index contributed by atoms with van der Waals surface area (Å²) in [6.45, 7) is 9.56. The molecule has 0 saturated heterocycles. The summed E-state index contributed by atoms with van der Waals surface area (Å²) in [6, 6.07) is 7.29. The summed E-state index contributed by atoms with van der Waals surface area (Å²) >= 11 is 0. The van der Waals surface area contributed by atoms with Crippen LogP contribution in [0.15, 0.2) is 24.3 Å². The first kappa shape index (κ1) is 16.9. The van der Waals surface area contributed by atoms with E-state index < -0.39 is 0 Å². The molecule has 0 radical (unpaired) electrons. The van der Waals surface area contributed by atoms with Gasteiger partial charge in [-0.2, -0.15) is 0 Å². The molecule has 0 spiro atoms. The molecule has 18 heavy (non-hydrogen) atoms. The quantitative estimate of drug-likeness (QED) is 0.714. The normalized spacial score (nSPS) is 10.0. The summed E-state index contributed by atoms with van der Waals surface area (Å²) < 4.78 is 5.62. The van der Waals surface area contributed by atoms with Gasteiger partial charge < -0.3 is 9.64 Å². The first-order valence-electron chi connectivity index (χ1n) is 6.13. The van der Waals surface area contributed by atoms with Crippen LogP contribution in [0, 0.1) is 0 Å². The monoisotopic (exact) mass is 271 g/mol. The molecule has 0 fully saturated rings. The Morgan fingerprint density at radius 2 is 1.72 bits per heavy atom. The molecule has 0 atom stereocenters. The van der Waals surface area contributed by atoms with E-state index >= 15 is 0 Å². The van der Waals surface area contributed by atoms with Crippen LogP contribution in [-0.2, 0) is 0 Å². The summed E-state index contributed by atoms with van der Waals surface area (Å²) in [5.74, 6) is 0.904. The zero-order chi connectivity index (χ0) is 12.7. The minimum Gasteiger partial charge on any atom is -0.492 e. The second-order valence-electron chi connectivity index (χ2n) is 3.96. The van der Waals surface area contributed by atoms with Crippen LogP contribution in [0.25, 0.3) is 0 Å². The molecule has 0 bridgehead atoms. The van der Waals surface area contributed by atoms with Crippen LogP contribution in [0.4, 0.5) is 0 Å². The number of nitrogens with zero attached hydrogens (tertiary/aromatic N) is 1. The Bertz CT molecular complexity index is 347. The van der Waals surface area contributed by atoms with Crippen LogP contribution in [0.2, 0.25) is 0 Å². The Hall–Kier alpha value is -1.06. The van der Waals surface area contributed by atoms with E-state index in [1.54, 1.807) is 19.1 Å². The van der Waals surface area contributed by atoms with Crippen LogP contribution in [-0.4, -0.2) is 36.9 Å². The first-order valence-corrected chi connectivity index (χ1v) is 6.13. The number of ketones is 1. The van der Waals surface area contributed by atoms with Gasteiger partial charge in [-0.3, -0.25) is 4.79 Å². The Labute approximate surface area is 116 Å². The number of halogens is 1. The van der Waals surface area contributed by atoms with Gasteiger partial charge >= 0.3 is 0 Å². The summed E-state index contributed by atoms with van der Waals surface area (Å²) in [7, 11) is 0. The molecule has 0 N–H and O–H groups in total. The van der Waals surface area contributed by atoms with Gasteiger partial charge in [-0.05, 0) is 44.3 Å². The molecule has 0 saturated carbocycles. The lowest BCUT2D eigenvalue weighted by Gasteiger charge is -2.17. The van der Waals surface area contributed by atoms with Crippen molar-refractivity contribution in [3.05, 3.63) is 29.8 Å². The Balaban J connectivity index is 0.00000289. The van der Waals surface area contributed by atoms with Crippen molar-refractivity contribution in [2.45, 2.75) is 20.8 Å². The predicted molar refractivity (Wildman–Crippen MR) is 77.0 cm³/mol. The third-order valence-corrected chi connectivity index (χ3v) is 2.83. The number of carbonyl (C=O) groups excluding carboxylic acids is 1. The highest BCUT2D eigenvalue weighted by Gasteiger charge is 2.01. The average molecular weight is 272 g/mol. The third-order valence-electron chi connectivity index (χ3n) is 2.83. The van der Waals surface area contributed by atoms with Crippen molar-refractivity contribution in [1.82, 2.24) is 4.90 Å². The highest BCUT2D eigenvalue weighted by molar-refractivity contribution is 5.94. The smallest absolute Gasteiger partial charge is 0.159 e. The molecule has 0 aliphatic heterocycles. The van der Waals surface area contributed by atoms with E-state index in [-0.39, 0.29) is 18.2 Å². The molecule has 0 amide bonds. The maximum atomic E-state index is 11.1. The minimum absolute atomic E-state index is 0. The van der Waals surface area contributed by atoms with Crippen molar-refractivity contribution in [3.63, 3.8) is 0 Å².